The Labute approximate surface area is 140 Å². The second kappa shape index (κ2) is 6.19. The lowest BCUT2D eigenvalue weighted by Gasteiger charge is -2.21. The number of benzene rings is 2. The van der Waals surface area contributed by atoms with E-state index in [1.54, 1.807) is 0 Å². The average Bonchev–Trinajstić information content (AvgIpc) is 2.54. The zero-order chi connectivity index (χ0) is 18.2. The molecular formula is C17H12F4N2O2. The van der Waals surface area contributed by atoms with Crippen LogP contribution in [0, 0.1) is 5.82 Å². The molecule has 2 aromatic carbocycles. The van der Waals surface area contributed by atoms with E-state index in [2.05, 4.69) is 10.5 Å². The minimum absolute atomic E-state index is 0.0785. The van der Waals surface area contributed by atoms with Gasteiger partial charge >= 0.3 is 12.3 Å². The predicted molar refractivity (Wildman–Crippen MR) is 82.5 cm³/mol. The van der Waals surface area contributed by atoms with Gasteiger partial charge in [-0.15, -0.1) is 0 Å². The van der Waals surface area contributed by atoms with E-state index < -0.39 is 29.8 Å². The molecule has 0 aliphatic carbocycles. The van der Waals surface area contributed by atoms with Crippen LogP contribution in [0.25, 0.3) is 11.1 Å². The molecule has 1 heterocycles. The Morgan fingerprint density at radius 3 is 2.32 bits per heavy atom. The fraction of sp³-hybridized carbons (Fsp3) is 0.176. The molecule has 3 rings (SSSR count). The molecule has 0 saturated heterocycles. The van der Waals surface area contributed by atoms with Gasteiger partial charge in [-0.25, -0.2) is 14.6 Å². The van der Waals surface area contributed by atoms with Crippen molar-refractivity contribution in [1.29, 1.82) is 0 Å². The summed E-state index contributed by atoms with van der Waals surface area (Å²) >= 11 is 0. The Bertz CT molecular complexity index is 845. The standard InChI is InChI=1S/C17H12F4N2O2/c1-9-15(22-23-16(24)25-9)11-4-7-13(14(8-11)17(19,20)21)10-2-5-12(18)6-3-10/h2-9H,1H3,(H,23,24)/t9-/m0/s1. The van der Waals surface area contributed by atoms with E-state index in [0.717, 1.165) is 18.2 Å². The van der Waals surface area contributed by atoms with Gasteiger partial charge in [-0.1, -0.05) is 24.3 Å². The Kier molecular flexibility index (Phi) is 4.20. The van der Waals surface area contributed by atoms with Crippen molar-refractivity contribution in [2.24, 2.45) is 5.10 Å². The van der Waals surface area contributed by atoms with E-state index in [1.165, 1.54) is 31.2 Å². The second-order valence-corrected chi connectivity index (χ2v) is 5.42. The van der Waals surface area contributed by atoms with E-state index in [9.17, 15) is 22.4 Å². The summed E-state index contributed by atoms with van der Waals surface area (Å²) in [6, 6.07) is 8.43. The number of hydrogen-bond donors (Lipinski definition) is 1. The molecule has 2 aromatic rings. The summed E-state index contributed by atoms with van der Waals surface area (Å²) in [6.45, 7) is 1.51. The number of rotatable bonds is 2. The first kappa shape index (κ1) is 16.9. The van der Waals surface area contributed by atoms with Gasteiger partial charge < -0.3 is 4.74 Å². The zero-order valence-corrected chi connectivity index (χ0v) is 12.9. The van der Waals surface area contributed by atoms with Crippen LogP contribution in [0.2, 0.25) is 0 Å². The number of amides is 1. The highest BCUT2D eigenvalue weighted by atomic mass is 19.4. The first-order valence-electron chi connectivity index (χ1n) is 7.27. The molecule has 0 spiro atoms. The summed E-state index contributed by atoms with van der Waals surface area (Å²) in [4.78, 5) is 11.1. The molecule has 130 valence electrons. The Morgan fingerprint density at radius 2 is 1.72 bits per heavy atom. The van der Waals surface area contributed by atoms with Crippen LogP contribution in [-0.2, 0) is 10.9 Å². The van der Waals surface area contributed by atoms with Gasteiger partial charge in [0.1, 0.15) is 17.6 Å². The molecule has 4 nitrogen and oxygen atoms in total. The second-order valence-electron chi connectivity index (χ2n) is 5.42. The third-order valence-electron chi connectivity index (χ3n) is 3.71. The number of nitrogens with one attached hydrogen (secondary N) is 1. The number of halogens is 4. The van der Waals surface area contributed by atoms with Crippen LogP contribution in [0.5, 0.6) is 0 Å². The largest absolute Gasteiger partial charge is 0.439 e. The van der Waals surface area contributed by atoms with Crippen molar-refractivity contribution < 1.29 is 27.1 Å². The van der Waals surface area contributed by atoms with Gasteiger partial charge in [0, 0.05) is 5.56 Å². The van der Waals surface area contributed by atoms with Gasteiger partial charge in [0.2, 0.25) is 0 Å². The first-order valence-corrected chi connectivity index (χ1v) is 7.27. The van der Waals surface area contributed by atoms with Gasteiger partial charge in [0.15, 0.2) is 0 Å². The lowest BCUT2D eigenvalue weighted by Crippen LogP contribution is -2.37. The number of carbonyl (C=O) groups excluding carboxylic acids is 1. The van der Waals surface area contributed by atoms with Crippen LogP contribution in [-0.4, -0.2) is 17.9 Å². The van der Waals surface area contributed by atoms with Gasteiger partial charge in [0.05, 0.1) is 5.56 Å². The quantitative estimate of drug-likeness (QED) is 0.818. The summed E-state index contributed by atoms with van der Waals surface area (Å²) in [5, 5.41) is 3.77. The minimum atomic E-state index is -4.62. The number of cyclic esters (lactones) is 1. The molecule has 0 radical (unpaired) electrons. The van der Waals surface area contributed by atoms with E-state index in [0.29, 0.717) is 0 Å². The van der Waals surface area contributed by atoms with Gasteiger partial charge in [0.25, 0.3) is 0 Å². The van der Waals surface area contributed by atoms with Crippen molar-refractivity contribution in [3.63, 3.8) is 0 Å². The van der Waals surface area contributed by atoms with Gasteiger partial charge in [-0.2, -0.15) is 18.3 Å². The molecule has 1 amide bonds. The molecule has 1 atom stereocenters. The number of alkyl halides is 3. The monoisotopic (exact) mass is 352 g/mol. The fourth-order valence-electron chi connectivity index (χ4n) is 2.56. The molecule has 0 unspecified atom stereocenters. The van der Waals surface area contributed by atoms with Crippen LogP contribution >= 0.6 is 0 Å². The molecule has 0 saturated carbocycles. The van der Waals surface area contributed by atoms with Crippen LogP contribution in [0.1, 0.15) is 18.1 Å². The van der Waals surface area contributed by atoms with Crippen LogP contribution in [0.4, 0.5) is 22.4 Å². The summed E-state index contributed by atoms with van der Waals surface area (Å²) in [6.07, 6.45) is -6.18. The Hall–Kier alpha value is -2.90. The molecule has 0 aromatic heterocycles. The van der Waals surface area contributed by atoms with Crippen LogP contribution in [0.3, 0.4) is 0 Å². The van der Waals surface area contributed by atoms with Crippen molar-refractivity contribution in [3.05, 3.63) is 59.4 Å². The van der Waals surface area contributed by atoms with Crippen molar-refractivity contribution >= 4 is 11.8 Å². The summed E-state index contributed by atoms with van der Waals surface area (Å²) in [5.74, 6) is -0.535. The number of hydrogen-bond acceptors (Lipinski definition) is 3. The van der Waals surface area contributed by atoms with Crippen molar-refractivity contribution in [1.82, 2.24) is 5.43 Å². The predicted octanol–water partition coefficient (Wildman–Crippen LogP) is 4.34. The highest BCUT2D eigenvalue weighted by Crippen LogP contribution is 2.38. The number of hydrazone groups is 1. The molecule has 8 heteroatoms. The number of ether oxygens (including phenoxy) is 1. The maximum absolute atomic E-state index is 13.5. The van der Waals surface area contributed by atoms with Gasteiger partial charge in [-0.05, 0) is 36.2 Å². The Balaban J connectivity index is 2.10. The molecule has 0 fully saturated rings. The maximum Gasteiger partial charge on any atom is 0.428 e. The topological polar surface area (TPSA) is 50.7 Å². The van der Waals surface area contributed by atoms with Crippen LogP contribution < -0.4 is 5.43 Å². The molecule has 1 aliphatic heterocycles. The highest BCUT2D eigenvalue weighted by Gasteiger charge is 2.35. The summed E-state index contributed by atoms with van der Waals surface area (Å²) in [7, 11) is 0. The molecular weight excluding hydrogens is 340 g/mol. The first-order chi connectivity index (χ1) is 11.8. The lowest BCUT2D eigenvalue weighted by molar-refractivity contribution is -0.137. The molecule has 1 N–H and O–H groups in total. The van der Waals surface area contributed by atoms with E-state index in [1.807, 2.05) is 0 Å². The third kappa shape index (κ3) is 3.47. The zero-order valence-electron chi connectivity index (χ0n) is 12.9. The van der Waals surface area contributed by atoms with Gasteiger partial charge in [-0.3, -0.25) is 0 Å². The molecule has 0 bridgehead atoms. The lowest BCUT2D eigenvalue weighted by atomic mass is 9.94. The van der Waals surface area contributed by atoms with Crippen molar-refractivity contribution in [2.75, 3.05) is 0 Å². The third-order valence-corrected chi connectivity index (χ3v) is 3.71. The van der Waals surface area contributed by atoms with E-state index in [-0.39, 0.29) is 22.4 Å². The number of nitrogens with zero attached hydrogens (tertiary/aromatic N) is 1. The summed E-state index contributed by atoms with van der Waals surface area (Å²) < 4.78 is 58.4. The van der Waals surface area contributed by atoms with E-state index >= 15 is 0 Å². The Morgan fingerprint density at radius 1 is 1.08 bits per heavy atom. The van der Waals surface area contributed by atoms with Crippen molar-refractivity contribution in [3.8, 4) is 11.1 Å². The smallest absolute Gasteiger partial charge is 0.428 e. The highest BCUT2D eigenvalue weighted by molar-refractivity contribution is 6.06. The van der Waals surface area contributed by atoms with E-state index in [4.69, 9.17) is 4.74 Å². The van der Waals surface area contributed by atoms with Crippen LogP contribution in [0.15, 0.2) is 47.6 Å². The minimum Gasteiger partial charge on any atom is -0.439 e. The molecule has 1 aliphatic rings. The molecule has 25 heavy (non-hydrogen) atoms. The number of carbonyl (C=O) groups is 1. The summed E-state index contributed by atoms with van der Waals surface area (Å²) in [5.41, 5.74) is 1.70. The SMILES string of the molecule is C[C@@H]1OC(=O)NN=C1c1ccc(-c2ccc(F)cc2)c(C(F)(F)F)c1. The maximum atomic E-state index is 13.5. The average molecular weight is 352 g/mol. The normalized spacial score (nSPS) is 17.6. The fourth-order valence-corrected chi connectivity index (χ4v) is 2.56. The van der Waals surface area contributed by atoms with Crippen molar-refractivity contribution in [2.45, 2.75) is 19.2 Å².